The Balaban J connectivity index is 2.22. The molecule has 0 spiro atoms. The molecule has 2 aromatic rings. The molecule has 1 aromatic heterocycles. The van der Waals surface area contributed by atoms with Crippen molar-refractivity contribution < 1.29 is 14.6 Å². The van der Waals surface area contributed by atoms with E-state index in [4.69, 9.17) is 9.84 Å². The van der Waals surface area contributed by atoms with Crippen LogP contribution in [0.4, 0.5) is 0 Å². The SMILES string of the molecule is Cc1ccccc1OCc1cnc(C(=O)O)n1C(C)C. The number of aryl methyl sites for hydroxylation is 1. The van der Waals surface area contributed by atoms with E-state index in [9.17, 15) is 4.79 Å². The Morgan fingerprint density at radius 2 is 2.10 bits per heavy atom. The first-order chi connectivity index (χ1) is 9.50. The van der Waals surface area contributed by atoms with Gasteiger partial charge in [0, 0.05) is 6.04 Å². The minimum atomic E-state index is -1.03. The van der Waals surface area contributed by atoms with Gasteiger partial charge in [-0.1, -0.05) is 18.2 Å². The van der Waals surface area contributed by atoms with Crippen molar-refractivity contribution in [3.63, 3.8) is 0 Å². The van der Waals surface area contributed by atoms with Gasteiger partial charge < -0.3 is 14.4 Å². The highest BCUT2D eigenvalue weighted by atomic mass is 16.5. The maximum atomic E-state index is 11.1. The number of hydrogen-bond acceptors (Lipinski definition) is 3. The van der Waals surface area contributed by atoms with Crippen LogP contribution in [0.2, 0.25) is 0 Å². The van der Waals surface area contributed by atoms with Gasteiger partial charge in [-0.3, -0.25) is 0 Å². The molecule has 0 saturated carbocycles. The van der Waals surface area contributed by atoms with E-state index in [0.29, 0.717) is 6.61 Å². The Morgan fingerprint density at radius 1 is 1.40 bits per heavy atom. The molecule has 0 unspecified atom stereocenters. The van der Waals surface area contributed by atoms with Crippen molar-refractivity contribution >= 4 is 5.97 Å². The van der Waals surface area contributed by atoms with Crippen LogP contribution in [-0.2, 0) is 6.61 Å². The Labute approximate surface area is 117 Å². The standard InChI is InChI=1S/C15H18N2O3/c1-10(2)17-12(8-16-14(17)15(18)19)9-20-13-7-5-4-6-11(13)3/h4-8,10H,9H2,1-3H3,(H,18,19). The predicted molar refractivity (Wildman–Crippen MR) is 75.1 cm³/mol. The molecule has 0 amide bonds. The van der Waals surface area contributed by atoms with E-state index in [1.54, 1.807) is 10.8 Å². The van der Waals surface area contributed by atoms with Gasteiger partial charge in [-0.2, -0.15) is 0 Å². The third-order valence-electron chi connectivity index (χ3n) is 3.05. The fourth-order valence-electron chi connectivity index (χ4n) is 2.11. The molecule has 1 N–H and O–H groups in total. The first-order valence-electron chi connectivity index (χ1n) is 6.48. The number of nitrogens with zero attached hydrogens (tertiary/aromatic N) is 2. The third kappa shape index (κ3) is 2.82. The van der Waals surface area contributed by atoms with Crippen molar-refractivity contribution in [2.45, 2.75) is 33.4 Å². The lowest BCUT2D eigenvalue weighted by Crippen LogP contribution is -2.15. The highest BCUT2D eigenvalue weighted by Crippen LogP contribution is 2.20. The van der Waals surface area contributed by atoms with Gasteiger partial charge in [-0.15, -0.1) is 0 Å². The van der Waals surface area contributed by atoms with Crippen LogP contribution in [-0.4, -0.2) is 20.6 Å². The van der Waals surface area contributed by atoms with Gasteiger partial charge in [-0.25, -0.2) is 9.78 Å². The van der Waals surface area contributed by atoms with Crippen LogP contribution in [0.5, 0.6) is 5.75 Å². The van der Waals surface area contributed by atoms with Crippen LogP contribution in [0.25, 0.3) is 0 Å². The second-order valence-corrected chi connectivity index (χ2v) is 4.90. The minimum Gasteiger partial charge on any atom is -0.487 e. The van der Waals surface area contributed by atoms with Crippen LogP contribution >= 0.6 is 0 Å². The van der Waals surface area contributed by atoms with Gasteiger partial charge in [-0.05, 0) is 32.4 Å². The summed E-state index contributed by atoms with van der Waals surface area (Å²) in [7, 11) is 0. The topological polar surface area (TPSA) is 64.3 Å². The van der Waals surface area contributed by atoms with Crippen molar-refractivity contribution in [3.8, 4) is 5.75 Å². The number of hydrogen-bond donors (Lipinski definition) is 1. The summed E-state index contributed by atoms with van der Waals surface area (Å²) in [6.45, 7) is 6.11. The largest absolute Gasteiger partial charge is 0.487 e. The Hall–Kier alpha value is -2.30. The maximum absolute atomic E-state index is 11.1. The second-order valence-electron chi connectivity index (χ2n) is 4.90. The monoisotopic (exact) mass is 274 g/mol. The molecule has 0 aliphatic heterocycles. The maximum Gasteiger partial charge on any atom is 0.372 e. The lowest BCUT2D eigenvalue weighted by Gasteiger charge is -2.15. The Morgan fingerprint density at radius 3 is 2.70 bits per heavy atom. The van der Waals surface area contributed by atoms with E-state index in [0.717, 1.165) is 17.0 Å². The van der Waals surface area contributed by atoms with E-state index in [-0.39, 0.29) is 11.9 Å². The minimum absolute atomic E-state index is 0.0130. The molecule has 0 saturated heterocycles. The van der Waals surface area contributed by atoms with Crippen LogP contribution < -0.4 is 4.74 Å². The van der Waals surface area contributed by atoms with Crippen LogP contribution in [0.1, 0.15) is 41.8 Å². The summed E-state index contributed by atoms with van der Waals surface area (Å²) in [5.74, 6) is -0.190. The van der Waals surface area contributed by atoms with Gasteiger partial charge in [0.2, 0.25) is 5.82 Å². The number of rotatable bonds is 5. The summed E-state index contributed by atoms with van der Waals surface area (Å²) < 4.78 is 7.43. The number of benzene rings is 1. The summed E-state index contributed by atoms with van der Waals surface area (Å²) in [5.41, 5.74) is 1.79. The van der Waals surface area contributed by atoms with E-state index in [1.165, 1.54) is 0 Å². The van der Waals surface area contributed by atoms with Crippen molar-refractivity contribution in [1.29, 1.82) is 0 Å². The summed E-state index contributed by atoms with van der Waals surface area (Å²) in [6, 6.07) is 7.73. The smallest absolute Gasteiger partial charge is 0.372 e. The molecule has 1 heterocycles. The quantitative estimate of drug-likeness (QED) is 0.910. The molecule has 106 valence electrons. The highest BCUT2D eigenvalue weighted by molar-refractivity contribution is 5.83. The fourth-order valence-corrected chi connectivity index (χ4v) is 2.11. The number of carbonyl (C=O) groups is 1. The molecule has 0 radical (unpaired) electrons. The van der Waals surface area contributed by atoms with Gasteiger partial charge in [0.1, 0.15) is 12.4 Å². The number of carboxylic acids is 1. The number of imidazole rings is 1. The number of ether oxygens (including phenoxy) is 1. The molecular weight excluding hydrogens is 256 g/mol. The zero-order chi connectivity index (χ0) is 14.7. The average Bonchev–Trinajstić information content (AvgIpc) is 2.82. The molecule has 2 rings (SSSR count). The molecular formula is C15H18N2O3. The summed E-state index contributed by atoms with van der Waals surface area (Å²) in [6.07, 6.45) is 1.56. The van der Waals surface area contributed by atoms with Crippen molar-refractivity contribution in [3.05, 3.63) is 47.5 Å². The van der Waals surface area contributed by atoms with E-state index < -0.39 is 5.97 Å². The van der Waals surface area contributed by atoms with E-state index in [1.807, 2.05) is 45.0 Å². The summed E-state index contributed by atoms with van der Waals surface area (Å²) >= 11 is 0. The van der Waals surface area contributed by atoms with Gasteiger partial charge >= 0.3 is 5.97 Å². The number of para-hydroxylation sites is 1. The molecule has 5 heteroatoms. The van der Waals surface area contributed by atoms with Crippen molar-refractivity contribution in [1.82, 2.24) is 9.55 Å². The van der Waals surface area contributed by atoms with Gasteiger partial charge in [0.05, 0.1) is 11.9 Å². The molecule has 1 aromatic carbocycles. The molecule has 20 heavy (non-hydrogen) atoms. The Kier molecular flexibility index (Phi) is 4.08. The number of aromatic nitrogens is 2. The third-order valence-corrected chi connectivity index (χ3v) is 3.05. The van der Waals surface area contributed by atoms with E-state index >= 15 is 0 Å². The predicted octanol–water partition coefficient (Wildman–Crippen LogP) is 3.05. The lowest BCUT2D eigenvalue weighted by molar-refractivity contribution is 0.0675. The molecule has 0 fully saturated rings. The zero-order valence-electron chi connectivity index (χ0n) is 11.8. The second kappa shape index (κ2) is 5.77. The van der Waals surface area contributed by atoms with Crippen LogP contribution in [0.15, 0.2) is 30.5 Å². The summed E-state index contributed by atoms with van der Waals surface area (Å²) in [5, 5.41) is 9.13. The Bertz CT molecular complexity index is 617. The molecule has 0 bridgehead atoms. The number of aromatic carboxylic acids is 1. The van der Waals surface area contributed by atoms with Gasteiger partial charge in [0.25, 0.3) is 0 Å². The van der Waals surface area contributed by atoms with Crippen LogP contribution in [0, 0.1) is 6.92 Å². The van der Waals surface area contributed by atoms with Crippen LogP contribution in [0.3, 0.4) is 0 Å². The number of carboxylic acid groups (broad SMARTS) is 1. The summed E-state index contributed by atoms with van der Waals surface area (Å²) in [4.78, 5) is 15.1. The zero-order valence-corrected chi connectivity index (χ0v) is 11.8. The first-order valence-corrected chi connectivity index (χ1v) is 6.48. The fraction of sp³-hybridized carbons (Fsp3) is 0.333. The lowest BCUT2D eigenvalue weighted by atomic mass is 10.2. The molecule has 5 nitrogen and oxygen atoms in total. The molecule has 0 aliphatic rings. The molecule has 0 atom stereocenters. The average molecular weight is 274 g/mol. The van der Waals surface area contributed by atoms with Gasteiger partial charge in [0.15, 0.2) is 0 Å². The van der Waals surface area contributed by atoms with E-state index in [2.05, 4.69) is 4.98 Å². The first kappa shape index (κ1) is 14.1. The van der Waals surface area contributed by atoms with Crippen molar-refractivity contribution in [2.75, 3.05) is 0 Å². The normalized spacial score (nSPS) is 10.8. The highest BCUT2D eigenvalue weighted by Gasteiger charge is 2.18. The molecule has 0 aliphatic carbocycles. The van der Waals surface area contributed by atoms with Crippen molar-refractivity contribution in [2.24, 2.45) is 0 Å².